The lowest BCUT2D eigenvalue weighted by atomic mass is 9.84. The van der Waals surface area contributed by atoms with Crippen LogP contribution >= 0.6 is 0 Å². The van der Waals surface area contributed by atoms with E-state index in [-0.39, 0.29) is 41.7 Å². The Morgan fingerprint density at radius 1 is 1.25 bits per heavy atom. The van der Waals surface area contributed by atoms with Crippen molar-refractivity contribution in [2.75, 3.05) is 13.1 Å². The van der Waals surface area contributed by atoms with Crippen molar-refractivity contribution < 1.29 is 9.18 Å². The zero-order valence-electron chi connectivity index (χ0n) is 15.4. The van der Waals surface area contributed by atoms with E-state index in [0.717, 1.165) is 11.0 Å². The van der Waals surface area contributed by atoms with E-state index >= 15 is 0 Å². The highest BCUT2D eigenvalue weighted by molar-refractivity contribution is 5.78. The predicted molar refractivity (Wildman–Crippen MR) is 99.9 cm³/mol. The van der Waals surface area contributed by atoms with Crippen molar-refractivity contribution in [3.63, 3.8) is 0 Å². The number of halogens is 1. The predicted octanol–water partition coefficient (Wildman–Crippen LogP) is -0.179. The number of nitrogens with zero attached hydrogens (tertiary/aromatic N) is 2. The Labute approximate surface area is 160 Å². The molecule has 9 heteroatoms. The first-order chi connectivity index (χ1) is 13.5. The molecule has 2 saturated heterocycles. The Bertz CT molecular complexity index is 1020. The molecule has 0 aliphatic carbocycles. The molecule has 148 valence electrons. The Morgan fingerprint density at radius 2 is 2.04 bits per heavy atom. The zero-order valence-corrected chi connectivity index (χ0v) is 15.4. The SMILES string of the molecule is Cn1c(=O)[nH]cc(CC(=O)N2CCC3NNC(c4ccccc4F)C3C2)c1=O. The normalized spacial score (nSPS) is 24.2. The first kappa shape index (κ1) is 18.6. The number of hydrazine groups is 1. The van der Waals surface area contributed by atoms with Gasteiger partial charge in [0.1, 0.15) is 5.82 Å². The van der Waals surface area contributed by atoms with Crippen LogP contribution in [-0.4, -0.2) is 39.5 Å². The van der Waals surface area contributed by atoms with Crippen LogP contribution in [0.5, 0.6) is 0 Å². The molecule has 3 atom stereocenters. The van der Waals surface area contributed by atoms with E-state index in [2.05, 4.69) is 15.8 Å². The summed E-state index contributed by atoms with van der Waals surface area (Å²) < 4.78 is 15.2. The Morgan fingerprint density at radius 3 is 2.82 bits per heavy atom. The highest BCUT2D eigenvalue weighted by atomic mass is 19.1. The number of rotatable bonds is 3. The van der Waals surface area contributed by atoms with Crippen LogP contribution in [0.1, 0.15) is 23.6 Å². The number of carbonyl (C=O) groups excluding carboxylic acids is 1. The summed E-state index contributed by atoms with van der Waals surface area (Å²) in [5.74, 6) is -0.433. The van der Waals surface area contributed by atoms with E-state index in [4.69, 9.17) is 0 Å². The molecular weight excluding hydrogens is 365 g/mol. The van der Waals surface area contributed by atoms with Crippen LogP contribution in [-0.2, 0) is 18.3 Å². The van der Waals surface area contributed by atoms with Gasteiger partial charge in [-0.25, -0.2) is 14.6 Å². The third-order valence-corrected chi connectivity index (χ3v) is 5.70. The number of H-pyrrole nitrogens is 1. The van der Waals surface area contributed by atoms with Gasteiger partial charge in [-0.3, -0.25) is 19.6 Å². The minimum absolute atomic E-state index is 0.0213. The summed E-state index contributed by atoms with van der Waals surface area (Å²) in [4.78, 5) is 40.6. The van der Waals surface area contributed by atoms with Gasteiger partial charge in [0.25, 0.3) is 5.56 Å². The Balaban J connectivity index is 1.51. The van der Waals surface area contributed by atoms with Crippen molar-refractivity contribution in [1.29, 1.82) is 0 Å². The van der Waals surface area contributed by atoms with E-state index in [0.29, 0.717) is 18.7 Å². The summed E-state index contributed by atoms with van der Waals surface area (Å²) in [7, 11) is 1.37. The second kappa shape index (κ2) is 7.33. The maximum atomic E-state index is 14.2. The molecule has 1 aromatic heterocycles. The number of carbonyl (C=O) groups is 1. The summed E-state index contributed by atoms with van der Waals surface area (Å²) in [6.45, 7) is 1.02. The van der Waals surface area contributed by atoms with Crippen LogP contribution in [0.3, 0.4) is 0 Å². The number of amides is 1. The van der Waals surface area contributed by atoms with Crippen molar-refractivity contribution in [3.05, 3.63) is 68.2 Å². The molecule has 2 aromatic rings. The number of fused-ring (bicyclic) bond motifs is 1. The van der Waals surface area contributed by atoms with Crippen LogP contribution in [0.15, 0.2) is 40.1 Å². The Hall–Kier alpha value is -2.78. The second-order valence-corrected chi connectivity index (χ2v) is 7.35. The summed E-state index contributed by atoms with van der Waals surface area (Å²) in [6.07, 6.45) is 1.96. The third-order valence-electron chi connectivity index (χ3n) is 5.70. The van der Waals surface area contributed by atoms with Gasteiger partial charge in [-0.1, -0.05) is 18.2 Å². The topological polar surface area (TPSA) is 99.2 Å². The molecule has 3 N–H and O–H groups in total. The highest BCUT2D eigenvalue weighted by Gasteiger charge is 2.42. The van der Waals surface area contributed by atoms with Crippen molar-refractivity contribution in [2.24, 2.45) is 13.0 Å². The standard InChI is InChI=1S/C19H22FN5O3/c1-24-18(27)11(9-21-19(24)28)8-16(26)25-7-6-15-13(10-25)17(23-22-15)12-4-2-3-5-14(12)20/h2-5,9,13,15,17,22-23H,6-8,10H2,1H3,(H,21,28). The third kappa shape index (κ3) is 3.27. The molecule has 0 bridgehead atoms. The number of aromatic nitrogens is 2. The monoisotopic (exact) mass is 387 g/mol. The minimum Gasteiger partial charge on any atom is -0.342 e. The largest absolute Gasteiger partial charge is 0.342 e. The van der Waals surface area contributed by atoms with Gasteiger partial charge >= 0.3 is 5.69 Å². The van der Waals surface area contributed by atoms with Gasteiger partial charge in [0.2, 0.25) is 5.91 Å². The lowest BCUT2D eigenvalue weighted by molar-refractivity contribution is -0.132. The molecule has 28 heavy (non-hydrogen) atoms. The van der Waals surface area contributed by atoms with Gasteiger partial charge < -0.3 is 9.88 Å². The first-order valence-corrected chi connectivity index (χ1v) is 9.26. The summed E-state index contributed by atoms with van der Waals surface area (Å²) in [5, 5.41) is 0. The molecule has 1 aromatic carbocycles. The molecule has 3 unspecified atom stereocenters. The summed E-state index contributed by atoms with van der Waals surface area (Å²) >= 11 is 0. The molecule has 4 rings (SSSR count). The van der Waals surface area contributed by atoms with Crippen LogP contribution in [0.25, 0.3) is 0 Å². The molecule has 2 aliphatic rings. The molecule has 0 radical (unpaired) electrons. The van der Waals surface area contributed by atoms with Crippen LogP contribution in [0.4, 0.5) is 4.39 Å². The van der Waals surface area contributed by atoms with E-state index in [1.807, 2.05) is 0 Å². The molecular formula is C19H22FN5O3. The number of aromatic amines is 1. The number of hydrogen-bond donors (Lipinski definition) is 3. The van der Waals surface area contributed by atoms with Crippen LogP contribution in [0.2, 0.25) is 0 Å². The van der Waals surface area contributed by atoms with Crippen LogP contribution < -0.4 is 22.1 Å². The van der Waals surface area contributed by atoms with Gasteiger partial charge in [-0.15, -0.1) is 0 Å². The highest BCUT2D eigenvalue weighted by Crippen LogP contribution is 2.34. The molecule has 2 fully saturated rings. The molecule has 1 amide bonds. The van der Waals surface area contributed by atoms with Gasteiger partial charge in [-0.05, 0) is 12.5 Å². The molecule has 0 spiro atoms. The fourth-order valence-electron chi connectivity index (χ4n) is 4.08. The van der Waals surface area contributed by atoms with E-state index in [9.17, 15) is 18.8 Å². The number of benzene rings is 1. The molecule has 2 aliphatic heterocycles. The average molecular weight is 387 g/mol. The second-order valence-electron chi connectivity index (χ2n) is 7.35. The molecule has 8 nitrogen and oxygen atoms in total. The fourth-order valence-corrected chi connectivity index (χ4v) is 4.08. The lowest BCUT2D eigenvalue weighted by Crippen LogP contribution is -2.48. The zero-order chi connectivity index (χ0) is 19.8. The maximum absolute atomic E-state index is 14.2. The maximum Gasteiger partial charge on any atom is 0.328 e. The molecule has 3 heterocycles. The summed E-state index contributed by atoms with van der Waals surface area (Å²) in [5.41, 5.74) is 6.23. The van der Waals surface area contributed by atoms with E-state index in [1.54, 1.807) is 23.1 Å². The van der Waals surface area contributed by atoms with Gasteiger partial charge in [-0.2, -0.15) is 0 Å². The molecule has 0 saturated carbocycles. The smallest absolute Gasteiger partial charge is 0.328 e. The van der Waals surface area contributed by atoms with Crippen molar-refractivity contribution in [2.45, 2.75) is 24.9 Å². The van der Waals surface area contributed by atoms with E-state index in [1.165, 1.54) is 19.3 Å². The Kier molecular flexibility index (Phi) is 4.86. The van der Waals surface area contributed by atoms with Crippen LogP contribution in [0, 0.1) is 11.7 Å². The fraction of sp³-hybridized carbons (Fsp3) is 0.421. The van der Waals surface area contributed by atoms with Crippen molar-refractivity contribution >= 4 is 5.91 Å². The average Bonchev–Trinajstić information content (AvgIpc) is 3.12. The van der Waals surface area contributed by atoms with Gasteiger partial charge in [0.15, 0.2) is 0 Å². The van der Waals surface area contributed by atoms with E-state index < -0.39 is 11.2 Å². The van der Waals surface area contributed by atoms with Gasteiger partial charge in [0, 0.05) is 49.4 Å². The lowest BCUT2D eigenvalue weighted by Gasteiger charge is -2.36. The quantitative estimate of drug-likeness (QED) is 0.679. The number of nitrogens with one attached hydrogen (secondary N) is 3. The first-order valence-electron chi connectivity index (χ1n) is 9.26. The summed E-state index contributed by atoms with van der Waals surface area (Å²) in [6, 6.07) is 6.55. The minimum atomic E-state index is -0.516. The van der Waals surface area contributed by atoms with Crippen molar-refractivity contribution in [1.82, 2.24) is 25.3 Å². The van der Waals surface area contributed by atoms with Crippen molar-refractivity contribution in [3.8, 4) is 0 Å². The number of hydrogen-bond acceptors (Lipinski definition) is 5. The van der Waals surface area contributed by atoms with Gasteiger partial charge in [0.05, 0.1) is 12.5 Å². The number of piperidine rings is 1. The number of likely N-dealkylation sites (tertiary alicyclic amines) is 1.